The number of aromatic amines is 1. The molecule has 1 saturated heterocycles. The molecule has 158 valence electrons. The minimum Gasteiger partial charge on any atom is -0.507 e. The fourth-order valence-electron chi connectivity index (χ4n) is 4.44. The molecule has 0 saturated carbocycles. The van der Waals surface area contributed by atoms with E-state index in [4.69, 9.17) is 0 Å². The first-order chi connectivity index (χ1) is 15.5. The van der Waals surface area contributed by atoms with Crippen molar-refractivity contribution in [1.82, 2.24) is 4.98 Å². The van der Waals surface area contributed by atoms with E-state index in [1.54, 1.807) is 12.1 Å². The van der Waals surface area contributed by atoms with Crippen LogP contribution < -0.4 is 4.90 Å². The third-order valence-electron chi connectivity index (χ3n) is 6.04. The summed E-state index contributed by atoms with van der Waals surface area (Å²) in [5.74, 6) is -1.50. The number of aromatic nitrogens is 1. The van der Waals surface area contributed by atoms with Gasteiger partial charge in [0, 0.05) is 33.9 Å². The van der Waals surface area contributed by atoms with E-state index in [0.29, 0.717) is 11.3 Å². The number of carbonyl (C=O) groups excluding carboxylic acids is 2. The molecule has 1 unspecified atom stereocenters. The van der Waals surface area contributed by atoms with Gasteiger partial charge in [-0.1, -0.05) is 54.1 Å². The number of aliphatic hydroxyl groups excluding tert-OH is 1. The van der Waals surface area contributed by atoms with Crippen molar-refractivity contribution in [1.29, 1.82) is 0 Å². The number of Topliss-reactive ketones (excluding diaryl/α,β-unsaturated/α-hetero) is 1. The molecule has 3 aromatic carbocycles. The number of ketones is 1. The molecule has 4 aromatic rings. The quantitative estimate of drug-likeness (QED) is 0.263. The predicted octanol–water partition coefficient (Wildman–Crippen LogP) is 5.41. The second kappa shape index (κ2) is 7.54. The molecule has 0 bridgehead atoms. The Labute approximate surface area is 185 Å². The van der Waals surface area contributed by atoms with Crippen molar-refractivity contribution in [2.75, 3.05) is 4.90 Å². The largest absolute Gasteiger partial charge is 0.507 e. The van der Waals surface area contributed by atoms with E-state index >= 15 is 0 Å². The van der Waals surface area contributed by atoms with Gasteiger partial charge in [0.1, 0.15) is 5.76 Å². The number of hydrogen-bond donors (Lipinski definition) is 2. The molecule has 0 spiro atoms. The minimum absolute atomic E-state index is 0.0947. The third kappa shape index (κ3) is 3.02. The van der Waals surface area contributed by atoms with E-state index in [1.807, 2.05) is 80.7 Å². The zero-order valence-electron chi connectivity index (χ0n) is 17.8. The molecular weight excluding hydrogens is 400 g/mol. The molecule has 1 aromatic heterocycles. The first-order valence-corrected chi connectivity index (χ1v) is 10.5. The molecule has 1 fully saturated rings. The summed E-state index contributed by atoms with van der Waals surface area (Å²) in [6.45, 7) is 3.80. The Morgan fingerprint density at radius 3 is 2.44 bits per heavy atom. The zero-order chi connectivity index (χ0) is 22.4. The lowest BCUT2D eigenvalue weighted by atomic mass is 9.93. The van der Waals surface area contributed by atoms with Gasteiger partial charge in [-0.25, -0.2) is 0 Å². The second-order valence-corrected chi connectivity index (χ2v) is 8.11. The smallest absolute Gasteiger partial charge is 0.300 e. The summed E-state index contributed by atoms with van der Waals surface area (Å²) >= 11 is 0. The molecule has 1 atom stereocenters. The summed E-state index contributed by atoms with van der Waals surface area (Å²) in [4.78, 5) is 31.3. The number of hydrogen-bond acceptors (Lipinski definition) is 3. The monoisotopic (exact) mass is 422 g/mol. The Hall–Kier alpha value is -4.12. The van der Waals surface area contributed by atoms with Crippen molar-refractivity contribution >= 4 is 34.0 Å². The van der Waals surface area contributed by atoms with Crippen LogP contribution in [0.25, 0.3) is 16.7 Å². The van der Waals surface area contributed by atoms with Crippen LogP contribution in [-0.2, 0) is 9.59 Å². The lowest BCUT2D eigenvalue weighted by Crippen LogP contribution is -2.29. The number of amides is 1. The van der Waals surface area contributed by atoms with Crippen LogP contribution in [0.2, 0.25) is 0 Å². The highest BCUT2D eigenvalue weighted by atomic mass is 16.3. The van der Waals surface area contributed by atoms with Crippen molar-refractivity contribution in [3.8, 4) is 0 Å². The highest BCUT2D eigenvalue weighted by Crippen LogP contribution is 2.44. The number of aliphatic hydroxyl groups is 1. The van der Waals surface area contributed by atoms with E-state index in [-0.39, 0.29) is 11.3 Å². The maximum Gasteiger partial charge on any atom is 0.300 e. The molecule has 5 nitrogen and oxygen atoms in total. The SMILES string of the molecule is Cc1ccc(C)c(/C(O)=C2\C(=O)C(=O)N(c3ccccc3)C2c2c[nH]c3ccccc23)c1. The fraction of sp³-hybridized carbons (Fsp3) is 0.111. The topological polar surface area (TPSA) is 73.4 Å². The zero-order valence-corrected chi connectivity index (χ0v) is 17.8. The number of benzene rings is 3. The van der Waals surface area contributed by atoms with E-state index in [9.17, 15) is 14.7 Å². The summed E-state index contributed by atoms with van der Waals surface area (Å²) in [7, 11) is 0. The molecule has 32 heavy (non-hydrogen) atoms. The van der Waals surface area contributed by atoms with Gasteiger partial charge in [-0.3, -0.25) is 14.5 Å². The summed E-state index contributed by atoms with van der Waals surface area (Å²) < 4.78 is 0. The number of nitrogens with zero attached hydrogens (tertiary/aromatic N) is 1. The van der Waals surface area contributed by atoms with Crippen LogP contribution in [-0.4, -0.2) is 21.8 Å². The molecule has 1 aliphatic rings. The van der Waals surface area contributed by atoms with Crippen LogP contribution in [0.3, 0.4) is 0 Å². The Morgan fingerprint density at radius 2 is 1.66 bits per heavy atom. The Morgan fingerprint density at radius 1 is 0.938 bits per heavy atom. The van der Waals surface area contributed by atoms with Gasteiger partial charge in [0.15, 0.2) is 0 Å². The first kappa shape index (κ1) is 19.8. The number of H-pyrrole nitrogens is 1. The minimum atomic E-state index is -0.756. The summed E-state index contributed by atoms with van der Waals surface area (Å²) in [5, 5.41) is 12.3. The van der Waals surface area contributed by atoms with E-state index in [0.717, 1.165) is 27.6 Å². The standard InChI is InChI=1S/C27H22N2O3/c1-16-12-13-17(2)20(14-16)25(30)23-24(21-15-28-22-11-7-6-10-19(21)22)29(27(32)26(23)31)18-8-4-3-5-9-18/h3-15,24,28,30H,1-2H3/b25-23+. The highest BCUT2D eigenvalue weighted by Gasteiger charge is 2.47. The second-order valence-electron chi connectivity index (χ2n) is 8.11. The van der Waals surface area contributed by atoms with Crippen LogP contribution in [0.5, 0.6) is 0 Å². The predicted molar refractivity (Wildman–Crippen MR) is 125 cm³/mol. The normalized spacial score (nSPS) is 17.9. The molecule has 2 heterocycles. The van der Waals surface area contributed by atoms with Gasteiger partial charge < -0.3 is 10.1 Å². The first-order valence-electron chi connectivity index (χ1n) is 10.5. The van der Waals surface area contributed by atoms with Crippen molar-refractivity contribution in [3.05, 3.63) is 107 Å². The number of nitrogens with one attached hydrogen (secondary N) is 1. The molecular formula is C27H22N2O3. The summed E-state index contributed by atoms with van der Waals surface area (Å²) in [6.07, 6.45) is 1.81. The molecule has 5 heteroatoms. The van der Waals surface area contributed by atoms with E-state index in [2.05, 4.69) is 4.98 Å². The van der Waals surface area contributed by atoms with Crippen molar-refractivity contribution < 1.29 is 14.7 Å². The lowest BCUT2D eigenvalue weighted by Gasteiger charge is -2.25. The fourth-order valence-corrected chi connectivity index (χ4v) is 4.44. The maximum absolute atomic E-state index is 13.3. The molecule has 1 amide bonds. The highest BCUT2D eigenvalue weighted by molar-refractivity contribution is 6.51. The number of aryl methyl sites for hydroxylation is 2. The summed E-state index contributed by atoms with van der Waals surface area (Å²) in [5.41, 5.74) is 4.70. The van der Waals surface area contributed by atoms with Gasteiger partial charge in [0.25, 0.3) is 11.7 Å². The number of fused-ring (bicyclic) bond motifs is 1. The third-order valence-corrected chi connectivity index (χ3v) is 6.04. The molecule has 5 rings (SSSR count). The molecule has 0 radical (unpaired) electrons. The number of rotatable bonds is 3. The van der Waals surface area contributed by atoms with Gasteiger partial charge in [-0.2, -0.15) is 0 Å². The Bertz CT molecular complexity index is 1400. The van der Waals surface area contributed by atoms with Gasteiger partial charge in [-0.15, -0.1) is 0 Å². The Kier molecular flexibility index (Phi) is 4.67. The van der Waals surface area contributed by atoms with Crippen molar-refractivity contribution in [3.63, 3.8) is 0 Å². The van der Waals surface area contributed by atoms with Crippen LogP contribution >= 0.6 is 0 Å². The van der Waals surface area contributed by atoms with Crippen LogP contribution in [0.1, 0.15) is 28.3 Å². The van der Waals surface area contributed by atoms with Gasteiger partial charge in [-0.05, 0) is 43.7 Å². The average molecular weight is 422 g/mol. The van der Waals surface area contributed by atoms with Crippen molar-refractivity contribution in [2.45, 2.75) is 19.9 Å². The molecule has 2 N–H and O–H groups in total. The average Bonchev–Trinajstić information content (AvgIpc) is 3.34. The maximum atomic E-state index is 13.3. The van der Waals surface area contributed by atoms with Crippen LogP contribution in [0.15, 0.2) is 84.6 Å². The van der Waals surface area contributed by atoms with Gasteiger partial charge >= 0.3 is 0 Å². The number of anilines is 1. The van der Waals surface area contributed by atoms with Gasteiger partial charge in [0.05, 0.1) is 11.6 Å². The molecule has 1 aliphatic heterocycles. The van der Waals surface area contributed by atoms with Crippen LogP contribution in [0, 0.1) is 13.8 Å². The van der Waals surface area contributed by atoms with Crippen molar-refractivity contribution in [2.24, 2.45) is 0 Å². The molecule has 0 aliphatic carbocycles. The summed E-state index contributed by atoms with van der Waals surface area (Å²) in [6, 6.07) is 21.8. The van der Waals surface area contributed by atoms with E-state index in [1.165, 1.54) is 4.90 Å². The van der Waals surface area contributed by atoms with Crippen LogP contribution in [0.4, 0.5) is 5.69 Å². The van der Waals surface area contributed by atoms with Gasteiger partial charge in [0.2, 0.25) is 0 Å². The van der Waals surface area contributed by atoms with E-state index < -0.39 is 17.7 Å². The lowest BCUT2D eigenvalue weighted by molar-refractivity contribution is -0.132. The number of para-hydroxylation sites is 2. The number of carbonyl (C=O) groups is 2. The Balaban J connectivity index is 1.81.